The molecule has 0 saturated carbocycles. The van der Waals surface area contributed by atoms with E-state index in [2.05, 4.69) is 9.98 Å². The molecule has 1 aromatic heterocycles. The number of rotatable bonds is 6. The van der Waals surface area contributed by atoms with E-state index in [0.29, 0.717) is 12.1 Å². The molecule has 1 aliphatic heterocycles. The summed E-state index contributed by atoms with van der Waals surface area (Å²) in [5.74, 6) is -2.21. The lowest BCUT2D eigenvalue weighted by Gasteiger charge is -2.13. The maximum Gasteiger partial charge on any atom is 0.433 e. The van der Waals surface area contributed by atoms with Gasteiger partial charge < -0.3 is 14.4 Å². The highest BCUT2D eigenvalue weighted by Gasteiger charge is 2.32. The highest BCUT2D eigenvalue weighted by Crippen LogP contribution is 2.30. The van der Waals surface area contributed by atoms with Crippen molar-refractivity contribution in [2.45, 2.75) is 19.5 Å². The third-order valence-corrected chi connectivity index (χ3v) is 4.43. The standard InChI is InChI=1S/C21H18F5N3O3/c1-2-29-9-7-15(22)19(28-20(29)30)31-10-8-13-3-5-17(16(23)11-13)32-14-4-6-18(27-12-14)21(24,25)26/h3-7,11-12H,2,8-10H2,1H3. The Labute approximate surface area is 180 Å². The van der Waals surface area contributed by atoms with Gasteiger partial charge >= 0.3 is 12.2 Å². The fraction of sp³-hybridized carbons (Fsp3) is 0.286. The van der Waals surface area contributed by atoms with E-state index in [1.165, 1.54) is 23.1 Å². The van der Waals surface area contributed by atoms with Gasteiger partial charge in [-0.05, 0) is 42.8 Å². The smallest absolute Gasteiger partial charge is 0.433 e. The molecule has 0 fully saturated rings. The van der Waals surface area contributed by atoms with Crippen molar-refractivity contribution >= 4 is 11.9 Å². The van der Waals surface area contributed by atoms with Crippen LogP contribution >= 0.6 is 0 Å². The van der Waals surface area contributed by atoms with Crippen LogP contribution in [0.4, 0.5) is 26.7 Å². The van der Waals surface area contributed by atoms with Gasteiger partial charge in [-0.2, -0.15) is 18.2 Å². The number of carbonyl (C=O) groups excluding carboxylic acids is 1. The van der Waals surface area contributed by atoms with Gasteiger partial charge in [0.1, 0.15) is 11.4 Å². The number of amides is 2. The lowest BCUT2D eigenvalue weighted by atomic mass is 10.1. The molecule has 0 spiro atoms. The number of ether oxygens (including phenoxy) is 2. The van der Waals surface area contributed by atoms with Gasteiger partial charge in [0.05, 0.1) is 12.8 Å². The maximum absolute atomic E-state index is 14.3. The maximum atomic E-state index is 14.3. The number of benzene rings is 1. The molecule has 0 atom stereocenters. The molecule has 0 unspecified atom stereocenters. The summed E-state index contributed by atoms with van der Waals surface area (Å²) in [6, 6.07) is 5.12. The summed E-state index contributed by atoms with van der Waals surface area (Å²) in [6.07, 6.45) is -2.37. The molecular formula is C21H18F5N3O3. The lowest BCUT2D eigenvalue weighted by molar-refractivity contribution is -0.141. The lowest BCUT2D eigenvalue weighted by Crippen LogP contribution is -2.27. The largest absolute Gasteiger partial charge is 0.475 e. The SMILES string of the molecule is CCN1CC=C(F)C(OCCc2ccc(Oc3ccc(C(F)(F)F)nc3)c(F)c2)=NC1=O. The zero-order valence-corrected chi connectivity index (χ0v) is 16.8. The number of carbonyl (C=O) groups is 1. The number of aromatic nitrogens is 1. The average molecular weight is 455 g/mol. The molecule has 0 bridgehead atoms. The van der Waals surface area contributed by atoms with E-state index in [1.54, 1.807) is 6.92 Å². The first-order valence-electron chi connectivity index (χ1n) is 9.53. The summed E-state index contributed by atoms with van der Waals surface area (Å²) in [5, 5.41) is 0. The normalized spacial score (nSPS) is 14.6. The molecule has 1 aromatic carbocycles. The van der Waals surface area contributed by atoms with Crippen molar-refractivity contribution in [2.75, 3.05) is 19.7 Å². The third-order valence-electron chi connectivity index (χ3n) is 4.43. The molecular weight excluding hydrogens is 437 g/mol. The van der Waals surface area contributed by atoms with Crippen LogP contribution < -0.4 is 4.74 Å². The number of alkyl halides is 3. The van der Waals surface area contributed by atoms with Gasteiger partial charge in [-0.15, -0.1) is 0 Å². The van der Waals surface area contributed by atoms with E-state index < -0.39 is 35.4 Å². The van der Waals surface area contributed by atoms with Crippen LogP contribution in [-0.2, 0) is 17.3 Å². The predicted molar refractivity (Wildman–Crippen MR) is 105 cm³/mol. The number of nitrogens with zero attached hydrogens (tertiary/aromatic N) is 3. The van der Waals surface area contributed by atoms with Crippen molar-refractivity contribution in [1.29, 1.82) is 0 Å². The van der Waals surface area contributed by atoms with Gasteiger partial charge in [0, 0.05) is 19.5 Å². The Balaban J connectivity index is 1.59. The van der Waals surface area contributed by atoms with E-state index in [4.69, 9.17) is 9.47 Å². The second kappa shape index (κ2) is 9.75. The molecule has 170 valence electrons. The Morgan fingerprint density at radius 3 is 2.56 bits per heavy atom. The molecule has 0 saturated heterocycles. The number of urea groups is 1. The van der Waals surface area contributed by atoms with Gasteiger partial charge in [-0.3, -0.25) is 0 Å². The molecule has 6 nitrogen and oxygen atoms in total. The van der Waals surface area contributed by atoms with Crippen molar-refractivity contribution in [1.82, 2.24) is 9.88 Å². The van der Waals surface area contributed by atoms with Crippen molar-refractivity contribution < 1.29 is 36.2 Å². The van der Waals surface area contributed by atoms with Crippen LogP contribution in [0.1, 0.15) is 18.2 Å². The number of aliphatic imine (C=N–C) groups is 1. The van der Waals surface area contributed by atoms with E-state index >= 15 is 0 Å². The first-order chi connectivity index (χ1) is 15.2. The molecule has 1 aliphatic rings. The summed E-state index contributed by atoms with van der Waals surface area (Å²) >= 11 is 0. The van der Waals surface area contributed by atoms with Crippen molar-refractivity contribution in [3.8, 4) is 11.5 Å². The minimum absolute atomic E-state index is 0.0626. The predicted octanol–water partition coefficient (Wildman–Crippen LogP) is 5.30. The van der Waals surface area contributed by atoms with Crippen LogP contribution in [0.25, 0.3) is 0 Å². The van der Waals surface area contributed by atoms with Crippen LogP contribution in [0, 0.1) is 5.82 Å². The van der Waals surface area contributed by atoms with Crippen molar-refractivity contribution in [3.63, 3.8) is 0 Å². The first kappa shape index (κ1) is 23.2. The van der Waals surface area contributed by atoms with Gasteiger partial charge in [-0.25, -0.2) is 18.6 Å². The zero-order chi connectivity index (χ0) is 23.3. The van der Waals surface area contributed by atoms with Gasteiger partial charge in [0.15, 0.2) is 17.4 Å². The van der Waals surface area contributed by atoms with Crippen LogP contribution in [-0.4, -0.2) is 41.5 Å². The number of hydrogen-bond acceptors (Lipinski definition) is 4. The van der Waals surface area contributed by atoms with E-state index in [1.807, 2.05) is 0 Å². The summed E-state index contributed by atoms with van der Waals surface area (Å²) in [6.45, 7) is 2.12. The van der Waals surface area contributed by atoms with Crippen LogP contribution in [0.3, 0.4) is 0 Å². The van der Waals surface area contributed by atoms with Gasteiger partial charge in [0.2, 0.25) is 0 Å². The number of pyridine rings is 1. The molecule has 11 heteroatoms. The molecule has 2 amide bonds. The van der Waals surface area contributed by atoms with E-state index in [9.17, 15) is 26.7 Å². The van der Waals surface area contributed by atoms with Crippen molar-refractivity contribution in [3.05, 3.63) is 65.5 Å². The molecule has 0 N–H and O–H groups in total. The molecule has 3 rings (SSSR count). The Morgan fingerprint density at radius 1 is 1.16 bits per heavy atom. The number of halogens is 5. The van der Waals surface area contributed by atoms with Gasteiger partial charge in [-0.1, -0.05) is 6.07 Å². The Kier molecular flexibility index (Phi) is 7.06. The Morgan fingerprint density at radius 2 is 1.94 bits per heavy atom. The molecule has 32 heavy (non-hydrogen) atoms. The van der Waals surface area contributed by atoms with Gasteiger partial charge in [0.25, 0.3) is 5.90 Å². The molecule has 0 radical (unpaired) electrons. The summed E-state index contributed by atoms with van der Waals surface area (Å²) in [5.41, 5.74) is -0.602. The molecule has 2 heterocycles. The fourth-order valence-electron chi connectivity index (χ4n) is 2.72. The van der Waals surface area contributed by atoms with E-state index in [0.717, 1.165) is 24.4 Å². The van der Waals surface area contributed by atoms with Crippen LogP contribution in [0.5, 0.6) is 11.5 Å². The second-order valence-electron chi connectivity index (χ2n) is 6.63. The topological polar surface area (TPSA) is 64.0 Å². The minimum atomic E-state index is -4.59. The van der Waals surface area contributed by atoms with Crippen LogP contribution in [0.15, 0.2) is 53.4 Å². The highest BCUT2D eigenvalue weighted by molar-refractivity contribution is 6.00. The Bertz CT molecular complexity index is 1040. The average Bonchev–Trinajstić information content (AvgIpc) is 2.88. The number of hydrogen-bond donors (Lipinski definition) is 0. The zero-order valence-electron chi connectivity index (χ0n) is 16.8. The summed E-state index contributed by atoms with van der Waals surface area (Å²) < 4.78 is 76.5. The monoisotopic (exact) mass is 455 g/mol. The van der Waals surface area contributed by atoms with Crippen molar-refractivity contribution in [2.24, 2.45) is 4.99 Å². The molecule has 0 aliphatic carbocycles. The summed E-state index contributed by atoms with van der Waals surface area (Å²) in [7, 11) is 0. The summed E-state index contributed by atoms with van der Waals surface area (Å²) in [4.78, 5) is 20.1. The highest BCUT2D eigenvalue weighted by atomic mass is 19.4. The quantitative estimate of drug-likeness (QED) is 0.555. The number of likely N-dealkylation sites (N-methyl/N-ethyl adjacent to an activating group) is 1. The van der Waals surface area contributed by atoms with E-state index in [-0.39, 0.29) is 31.1 Å². The molecule has 2 aromatic rings. The Hall–Kier alpha value is -3.50. The third kappa shape index (κ3) is 5.80. The first-order valence-corrected chi connectivity index (χ1v) is 9.53. The minimum Gasteiger partial charge on any atom is -0.475 e. The fourth-order valence-corrected chi connectivity index (χ4v) is 2.72. The van der Waals surface area contributed by atoms with Crippen LogP contribution in [0.2, 0.25) is 0 Å². The second-order valence-corrected chi connectivity index (χ2v) is 6.63.